The van der Waals surface area contributed by atoms with Gasteiger partial charge in [0.25, 0.3) is 11.8 Å². The Morgan fingerprint density at radius 1 is 0.935 bits per heavy atom. The normalized spacial score (nSPS) is 21.8. The summed E-state index contributed by atoms with van der Waals surface area (Å²) in [4.78, 5) is 30.6. The van der Waals surface area contributed by atoms with Crippen LogP contribution in [0.1, 0.15) is 25.8 Å². The van der Waals surface area contributed by atoms with Crippen molar-refractivity contribution in [3.05, 3.63) is 63.8 Å². The Labute approximate surface area is 192 Å². The zero-order valence-corrected chi connectivity index (χ0v) is 19.2. The van der Waals surface area contributed by atoms with Crippen molar-refractivity contribution in [2.24, 2.45) is 11.8 Å². The maximum atomic E-state index is 13.7. The number of piperidine rings is 1. The largest absolute Gasteiger partial charge is 0.496 e. The third-order valence-corrected chi connectivity index (χ3v) is 6.60. The highest BCUT2D eigenvalue weighted by Crippen LogP contribution is 2.42. The van der Waals surface area contributed by atoms with Gasteiger partial charge in [-0.3, -0.25) is 9.59 Å². The molecular formula is C24H24Cl2N2O3. The van der Waals surface area contributed by atoms with Gasteiger partial charge in [-0.05, 0) is 36.5 Å². The Hall–Kier alpha value is -2.50. The van der Waals surface area contributed by atoms with Gasteiger partial charge in [0.2, 0.25) is 0 Å². The second kappa shape index (κ2) is 8.56. The van der Waals surface area contributed by atoms with Gasteiger partial charge in [-0.15, -0.1) is 0 Å². The molecule has 2 aliphatic rings. The molecule has 2 heterocycles. The van der Waals surface area contributed by atoms with Gasteiger partial charge in [0.15, 0.2) is 0 Å². The van der Waals surface area contributed by atoms with Crippen LogP contribution >= 0.6 is 23.2 Å². The minimum Gasteiger partial charge on any atom is -0.496 e. The van der Waals surface area contributed by atoms with E-state index in [1.54, 1.807) is 37.4 Å². The first kappa shape index (κ1) is 21.7. The molecule has 2 atom stereocenters. The number of hydrogen-bond donors (Lipinski definition) is 0. The maximum absolute atomic E-state index is 13.7. The van der Waals surface area contributed by atoms with Crippen LogP contribution in [-0.4, -0.2) is 36.9 Å². The minimum atomic E-state index is -0.431. The number of methoxy groups -OCH3 is 1. The van der Waals surface area contributed by atoms with Gasteiger partial charge >= 0.3 is 0 Å². The van der Waals surface area contributed by atoms with E-state index in [1.807, 2.05) is 17.0 Å². The Kier molecular flexibility index (Phi) is 6.00. The number of carbonyl (C=O) groups excluding carboxylic acids is 2. The Morgan fingerprint density at radius 3 is 2.29 bits per heavy atom. The van der Waals surface area contributed by atoms with Crippen LogP contribution in [-0.2, 0) is 9.59 Å². The fraction of sp³-hybridized carbons (Fsp3) is 0.333. The Morgan fingerprint density at radius 2 is 1.61 bits per heavy atom. The molecule has 1 saturated heterocycles. The van der Waals surface area contributed by atoms with Gasteiger partial charge in [-0.2, -0.15) is 0 Å². The number of nitrogens with zero attached hydrogens (tertiary/aromatic N) is 2. The average molecular weight is 459 g/mol. The van der Waals surface area contributed by atoms with Crippen molar-refractivity contribution in [2.75, 3.05) is 25.1 Å². The van der Waals surface area contributed by atoms with Crippen LogP contribution in [0.2, 0.25) is 10.0 Å². The molecule has 0 saturated carbocycles. The number of amides is 2. The lowest BCUT2D eigenvalue weighted by molar-refractivity contribution is -0.120. The monoisotopic (exact) mass is 458 g/mol. The number of rotatable bonds is 4. The van der Waals surface area contributed by atoms with Gasteiger partial charge in [-0.1, -0.05) is 61.3 Å². The molecule has 0 N–H and O–H groups in total. The van der Waals surface area contributed by atoms with Gasteiger partial charge in [0, 0.05) is 18.7 Å². The topological polar surface area (TPSA) is 49.9 Å². The number of imide groups is 1. The maximum Gasteiger partial charge on any atom is 0.282 e. The summed E-state index contributed by atoms with van der Waals surface area (Å²) in [5.74, 6) is 0.521. The summed E-state index contributed by atoms with van der Waals surface area (Å²) in [6, 6.07) is 12.2. The van der Waals surface area contributed by atoms with Crippen molar-refractivity contribution in [1.29, 1.82) is 0 Å². The molecule has 2 aliphatic heterocycles. The molecule has 0 bridgehead atoms. The van der Waals surface area contributed by atoms with E-state index in [-0.39, 0.29) is 15.7 Å². The highest BCUT2D eigenvalue weighted by Gasteiger charge is 2.45. The molecule has 0 radical (unpaired) electrons. The second-order valence-electron chi connectivity index (χ2n) is 8.29. The molecule has 0 aromatic heterocycles. The van der Waals surface area contributed by atoms with Crippen LogP contribution in [0.15, 0.2) is 48.2 Å². The first-order chi connectivity index (χ1) is 14.8. The Bertz CT molecular complexity index is 1070. The zero-order chi connectivity index (χ0) is 22.3. The van der Waals surface area contributed by atoms with Crippen molar-refractivity contribution in [2.45, 2.75) is 20.3 Å². The summed E-state index contributed by atoms with van der Waals surface area (Å²) in [5, 5.41) is 0.458. The van der Waals surface area contributed by atoms with Gasteiger partial charge in [0.1, 0.15) is 11.4 Å². The summed E-state index contributed by atoms with van der Waals surface area (Å²) in [7, 11) is 1.55. The quantitative estimate of drug-likeness (QED) is 0.585. The van der Waals surface area contributed by atoms with Crippen LogP contribution < -0.4 is 9.64 Å². The lowest BCUT2D eigenvalue weighted by atomic mass is 9.91. The molecule has 0 aliphatic carbocycles. The number of benzene rings is 2. The highest BCUT2D eigenvalue weighted by molar-refractivity contribution is 6.49. The predicted molar refractivity (Wildman–Crippen MR) is 123 cm³/mol. The predicted octanol–water partition coefficient (Wildman–Crippen LogP) is 5.26. The number of para-hydroxylation sites is 1. The van der Waals surface area contributed by atoms with Gasteiger partial charge in [-0.25, -0.2) is 4.90 Å². The van der Waals surface area contributed by atoms with E-state index in [0.29, 0.717) is 47.5 Å². The number of carbonyl (C=O) groups is 2. The fourth-order valence-electron chi connectivity index (χ4n) is 4.63. The molecule has 5 nitrogen and oxygen atoms in total. The van der Waals surface area contributed by atoms with Crippen molar-refractivity contribution in [1.82, 2.24) is 4.90 Å². The molecule has 1 fully saturated rings. The first-order valence-corrected chi connectivity index (χ1v) is 11.0. The lowest BCUT2D eigenvalue weighted by Crippen LogP contribution is -2.42. The van der Waals surface area contributed by atoms with E-state index >= 15 is 0 Å². The molecule has 2 aromatic carbocycles. The fourth-order valence-corrected chi connectivity index (χ4v) is 5.01. The van der Waals surface area contributed by atoms with Crippen LogP contribution in [0.25, 0.3) is 5.57 Å². The molecule has 162 valence electrons. The summed E-state index contributed by atoms with van der Waals surface area (Å²) in [5.41, 5.74) is 1.60. The molecule has 2 amide bonds. The second-order valence-corrected chi connectivity index (χ2v) is 9.08. The first-order valence-electron chi connectivity index (χ1n) is 10.3. The lowest BCUT2D eigenvalue weighted by Gasteiger charge is -2.37. The third-order valence-electron chi connectivity index (χ3n) is 5.79. The molecule has 31 heavy (non-hydrogen) atoms. The smallest absolute Gasteiger partial charge is 0.282 e. The SMILES string of the molecule is COc1ccccc1C1=C(N2CC(C)CC(C)C2)C(=O)N(c2cccc(Cl)c2Cl)C1=O. The number of hydrogen-bond acceptors (Lipinski definition) is 4. The van der Waals surface area contributed by atoms with Crippen molar-refractivity contribution in [3.63, 3.8) is 0 Å². The summed E-state index contributed by atoms with van der Waals surface area (Å²) >= 11 is 12.6. The van der Waals surface area contributed by atoms with Crippen molar-refractivity contribution >= 4 is 46.3 Å². The van der Waals surface area contributed by atoms with Crippen molar-refractivity contribution < 1.29 is 14.3 Å². The number of likely N-dealkylation sites (tertiary alicyclic amines) is 1. The van der Waals surface area contributed by atoms with E-state index in [2.05, 4.69) is 13.8 Å². The van der Waals surface area contributed by atoms with E-state index in [0.717, 1.165) is 11.3 Å². The average Bonchev–Trinajstić information content (AvgIpc) is 2.99. The number of anilines is 1. The number of ether oxygens (including phenoxy) is 1. The molecule has 7 heteroatoms. The molecule has 0 spiro atoms. The summed E-state index contributed by atoms with van der Waals surface area (Å²) in [6.45, 7) is 5.74. The van der Waals surface area contributed by atoms with Crippen LogP contribution in [0, 0.1) is 11.8 Å². The van der Waals surface area contributed by atoms with Gasteiger partial charge < -0.3 is 9.64 Å². The van der Waals surface area contributed by atoms with E-state index in [4.69, 9.17) is 27.9 Å². The highest BCUT2D eigenvalue weighted by atomic mass is 35.5. The summed E-state index contributed by atoms with van der Waals surface area (Å²) < 4.78 is 5.52. The number of halogens is 2. The molecule has 2 aromatic rings. The van der Waals surface area contributed by atoms with Crippen LogP contribution in [0.5, 0.6) is 5.75 Å². The van der Waals surface area contributed by atoms with E-state index in [1.165, 1.54) is 0 Å². The van der Waals surface area contributed by atoms with Crippen LogP contribution in [0.4, 0.5) is 5.69 Å². The zero-order valence-electron chi connectivity index (χ0n) is 17.7. The van der Waals surface area contributed by atoms with Crippen molar-refractivity contribution in [3.8, 4) is 5.75 Å². The van der Waals surface area contributed by atoms with E-state index < -0.39 is 11.8 Å². The summed E-state index contributed by atoms with van der Waals surface area (Å²) in [6.07, 6.45) is 1.08. The van der Waals surface area contributed by atoms with Crippen LogP contribution in [0.3, 0.4) is 0 Å². The Balaban J connectivity index is 1.90. The van der Waals surface area contributed by atoms with Gasteiger partial charge in [0.05, 0.1) is 28.4 Å². The third kappa shape index (κ3) is 3.81. The molecule has 2 unspecified atom stereocenters. The minimum absolute atomic E-state index is 0.173. The molecular weight excluding hydrogens is 435 g/mol. The molecule has 4 rings (SSSR count). The standard InChI is InChI=1S/C24H24Cl2N2O3/c1-14-11-15(2)13-27(12-14)22-20(16-7-4-5-10-19(16)31-3)23(29)28(24(22)30)18-9-6-8-17(25)21(18)26/h4-10,14-15H,11-13H2,1-3H3. The van der Waals surface area contributed by atoms with E-state index in [9.17, 15) is 9.59 Å².